The number of hydrogen-bond acceptors (Lipinski definition) is 8. The number of fused-ring (bicyclic) bond motifs is 1. The van der Waals surface area contributed by atoms with Gasteiger partial charge in [0.25, 0.3) is 10.1 Å². The summed E-state index contributed by atoms with van der Waals surface area (Å²) in [5, 5.41) is 2.96. The molecule has 8 nitrogen and oxygen atoms in total. The Morgan fingerprint density at radius 1 is 1.03 bits per heavy atom. The zero-order chi connectivity index (χ0) is 21.8. The summed E-state index contributed by atoms with van der Waals surface area (Å²) in [5.41, 5.74) is 2.96. The highest BCUT2D eigenvalue weighted by Crippen LogP contribution is 2.27. The number of oxazole rings is 1. The number of pyridine rings is 1. The van der Waals surface area contributed by atoms with Crippen molar-refractivity contribution in [2.75, 3.05) is 25.6 Å². The molecule has 160 valence electrons. The molecular formula is C22H21N3O5S. The molecule has 4 aromatic rings. The maximum Gasteiger partial charge on any atom is 0.297 e. The maximum absolute atomic E-state index is 12.2. The van der Waals surface area contributed by atoms with E-state index in [1.807, 2.05) is 19.1 Å². The van der Waals surface area contributed by atoms with Crippen LogP contribution in [0.4, 0.5) is 5.82 Å². The molecule has 2 heterocycles. The lowest BCUT2D eigenvalue weighted by Crippen LogP contribution is -2.13. The monoisotopic (exact) mass is 439 g/mol. The molecule has 0 saturated heterocycles. The van der Waals surface area contributed by atoms with E-state index < -0.39 is 10.1 Å². The van der Waals surface area contributed by atoms with E-state index in [0.717, 1.165) is 16.9 Å². The summed E-state index contributed by atoms with van der Waals surface area (Å²) < 4.78 is 40.8. The van der Waals surface area contributed by atoms with Gasteiger partial charge in [-0.25, -0.2) is 9.97 Å². The van der Waals surface area contributed by atoms with Crippen LogP contribution in [0.25, 0.3) is 22.6 Å². The number of ether oxygens (including phenoxy) is 1. The molecule has 0 aliphatic heterocycles. The predicted molar refractivity (Wildman–Crippen MR) is 117 cm³/mol. The highest BCUT2D eigenvalue weighted by atomic mass is 32.2. The van der Waals surface area contributed by atoms with E-state index in [2.05, 4.69) is 15.3 Å². The van der Waals surface area contributed by atoms with Crippen molar-refractivity contribution in [2.24, 2.45) is 0 Å². The fourth-order valence-electron chi connectivity index (χ4n) is 2.86. The van der Waals surface area contributed by atoms with Crippen LogP contribution in [0.15, 0.2) is 70.1 Å². The minimum atomic E-state index is -3.82. The van der Waals surface area contributed by atoms with E-state index in [-0.39, 0.29) is 18.1 Å². The lowest BCUT2D eigenvalue weighted by molar-refractivity contribution is 0.221. The standard InChI is InChI=1S/C22H21N3O5S/c1-15-3-7-18(8-4-15)31(26,27)29-12-11-28-17-6-9-20-19(13-17)25-22(30-20)16-5-10-21(23-2)24-14-16/h3-10,13-14H,11-12H2,1-2H3,(H,23,24). The fourth-order valence-corrected chi connectivity index (χ4v) is 3.76. The summed E-state index contributed by atoms with van der Waals surface area (Å²) in [6.07, 6.45) is 1.68. The zero-order valence-electron chi connectivity index (χ0n) is 17.0. The van der Waals surface area contributed by atoms with Crippen LogP contribution in [-0.4, -0.2) is 38.6 Å². The van der Waals surface area contributed by atoms with Crippen LogP contribution in [0.1, 0.15) is 5.56 Å². The highest BCUT2D eigenvalue weighted by Gasteiger charge is 2.15. The van der Waals surface area contributed by atoms with Crippen LogP contribution in [0, 0.1) is 6.92 Å². The van der Waals surface area contributed by atoms with Gasteiger partial charge in [-0.2, -0.15) is 8.42 Å². The minimum Gasteiger partial charge on any atom is -0.491 e. The molecule has 0 amide bonds. The molecule has 2 aromatic carbocycles. The quantitative estimate of drug-likeness (QED) is 0.324. The fraction of sp³-hybridized carbons (Fsp3) is 0.182. The summed E-state index contributed by atoms with van der Waals surface area (Å²) in [4.78, 5) is 8.85. The van der Waals surface area contributed by atoms with Crippen LogP contribution >= 0.6 is 0 Å². The third-order valence-electron chi connectivity index (χ3n) is 4.53. The van der Waals surface area contributed by atoms with Crippen LogP contribution in [0.5, 0.6) is 5.75 Å². The van der Waals surface area contributed by atoms with Gasteiger partial charge in [-0.05, 0) is 43.3 Å². The van der Waals surface area contributed by atoms with E-state index in [9.17, 15) is 8.42 Å². The smallest absolute Gasteiger partial charge is 0.297 e. The minimum absolute atomic E-state index is 0.0662. The van der Waals surface area contributed by atoms with Crippen molar-refractivity contribution in [3.8, 4) is 17.2 Å². The molecule has 1 N–H and O–H groups in total. The predicted octanol–water partition coefficient (Wildman–Crippen LogP) is 4.02. The van der Waals surface area contributed by atoms with Gasteiger partial charge in [-0.1, -0.05) is 17.7 Å². The van der Waals surface area contributed by atoms with Crippen LogP contribution < -0.4 is 10.1 Å². The van der Waals surface area contributed by atoms with Crippen molar-refractivity contribution in [2.45, 2.75) is 11.8 Å². The Kier molecular flexibility index (Phi) is 5.88. The number of aromatic nitrogens is 2. The van der Waals surface area contributed by atoms with E-state index in [0.29, 0.717) is 22.7 Å². The Balaban J connectivity index is 1.38. The van der Waals surface area contributed by atoms with Crippen molar-refractivity contribution in [3.05, 3.63) is 66.4 Å². The molecule has 0 bridgehead atoms. The lowest BCUT2D eigenvalue weighted by Gasteiger charge is -2.08. The van der Waals surface area contributed by atoms with Crippen molar-refractivity contribution in [3.63, 3.8) is 0 Å². The molecule has 9 heteroatoms. The first-order valence-electron chi connectivity index (χ1n) is 9.58. The number of aryl methyl sites for hydroxylation is 1. The molecule has 31 heavy (non-hydrogen) atoms. The van der Waals surface area contributed by atoms with Gasteiger partial charge in [0.05, 0.1) is 10.5 Å². The number of nitrogens with zero attached hydrogens (tertiary/aromatic N) is 2. The molecule has 0 aliphatic carbocycles. The second kappa shape index (κ2) is 8.75. The number of rotatable bonds is 8. The summed E-state index contributed by atoms with van der Waals surface area (Å²) in [6, 6.07) is 15.4. The van der Waals surface area contributed by atoms with Gasteiger partial charge in [0.15, 0.2) is 5.58 Å². The van der Waals surface area contributed by atoms with Gasteiger partial charge in [-0.15, -0.1) is 0 Å². The molecule has 2 aromatic heterocycles. The molecular weight excluding hydrogens is 418 g/mol. The largest absolute Gasteiger partial charge is 0.491 e. The molecule has 0 aliphatic rings. The molecule has 0 unspecified atom stereocenters. The molecule has 0 spiro atoms. The second-order valence-electron chi connectivity index (χ2n) is 6.77. The third kappa shape index (κ3) is 4.84. The lowest BCUT2D eigenvalue weighted by atomic mass is 10.2. The van der Waals surface area contributed by atoms with E-state index in [4.69, 9.17) is 13.3 Å². The molecule has 0 fully saturated rings. The molecule has 0 atom stereocenters. The van der Waals surface area contributed by atoms with Crippen LogP contribution in [0.3, 0.4) is 0 Å². The Morgan fingerprint density at radius 3 is 2.55 bits per heavy atom. The van der Waals surface area contributed by atoms with E-state index in [1.165, 1.54) is 12.1 Å². The maximum atomic E-state index is 12.2. The highest BCUT2D eigenvalue weighted by molar-refractivity contribution is 7.86. The Bertz CT molecular complexity index is 1280. The van der Waals surface area contributed by atoms with Gasteiger partial charge < -0.3 is 14.5 Å². The first kappa shape index (κ1) is 20.8. The Hall–Kier alpha value is -3.43. The summed E-state index contributed by atoms with van der Waals surface area (Å²) >= 11 is 0. The van der Waals surface area contributed by atoms with E-state index >= 15 is 0 Å². The number of nitrogens with one attached hydrogen (secondary N) is 1. The normalized spacial score (nSPS) is 11.5. The summed E-state index contributed by atoms with van der Waals surface area (Å²) in [5.74, 6) is 1.74. The first-order chi connectivity index (χ1) is 14.9. The summed E-state index contributed by atoms with van der Waals surface area (Å²) in [7, 11) is -2.02. The van der Waals surface area contributed by atoms with Gasteiger partial charge >= 0.3 is 0 Å². The number of anilines is 1. The Morgan fingerprint density at radius 2 is 1.84 bits per heavy atom. The van der Waals surface area contributed by atoms with Crippen LogP contribution in [0.2, 0.25) is 0 Å². The average Bonchev–Trinajstić information content (AvgIpc) is 3.20. The first-order valence-corrected chi connectivity index (χ1v) is 11.0. The second-order valence-corrected chi connectivity index (χ2v) is 8.38. The van der Waals surface area contributed by atoms with E-state index in [1.54, 1.807) is 43.6 Å². The van der Waals surface area contributed by atoms with Gasteiger partial charge in [0.1, 0.15) is 30.3 Å². The van der Waals surface area contributed by atoms with Crippen molar-refractivity contribution < 1.29 is 21.8 Å². The molecule has 0 radical (unpaired) electrons. The third-order valence-corrected chi connectivity index (χ3v) is 5.85. The topological polar surface area (TPSA) is 104 Å². The van der Waals surface area contributed by atoms with Crippen molar-refractivity contribution in [1.82, 2.24) is 9.97 Å². The average molecular weight is 439 g/mol. The van der Waals surface area contributed by atoms with Gasteiger partial charge in [0.2, 0.25) is 5.89 Å². The van der Waals surface area contributed by atoms with Crippen molar-refractivity contribution >= 4 is 27.0 Å². The van der Waals surface area contributed by atoms with Crippen molar-refractivity contribution in [1.29, 1.82) is 0 Å². The zero-order valence-corrected chi connectivity index (χ0v) is 17.8. The van der Waals surface area contributed by atoms with Gasteiger partial charge in [-0.3, -0.25) is 4.18 Å². The molecule has 0 saturated carbocycles. The SMILES string of the molecule is CNc1ccc(-c2nc3cc(OCCOS(=O)(=O)c4ccc(C)cc4)ccc3o2)cn1. The molecule has 4 rings (SSSR count). The van der Waals surface area contributed by atoms with Crippen LogP contribution in [-0.2, 0) is 14.3 Å². The summed E-state index contributed by atoms with van der Waals surface area (Å²) in [6.45, 7) is 1.84. The Labute approximate surface area is 180 Å². The number of hydrogen-bond donors (Lipinski definition) is 1. The number of benzene rings is 2. The van der Waals surface area contributed by atoms with Gasteiger partial charge in [0, 0.05) is 19.3 Å².